The molecule has 84 valence electrons. The van der Waals surface area contributed by atoms with E-state index < -0.39 is 0 Å². The van der Waals surface area contributed by atoms with Gasteiger partial charge in [-0.2, -0.15) is 0 Å². The monoisotopic (exact) mass is 200 g/mol. The van der Waals surface area contributed by atoms with E-state index in [2.05, 4.69) is 13.8 Å². The number of nitrogens with two attached hydrogens (primary N) is 1. The number of rotatable bonds is 1. The topological polar surface area (TPSA) is 46.3 Å². The molecule has 1 aliphatic heterocycles. The molecule has 0 saturated carbocycles. The summed E-state index contributed by atoms with van der Waals surface area (Å²) >= 11 is 0. The molecule has 0 aromatic carbocycles. The first-order valence-corrected chi connectivity index (χ1v) is 5.65. The fourth-order valence-electron chi connectivity index (χ4n) is 1.79. The Morgan fingerprint density at radius 3 is 2.00 bits per heavy atom. The Kier molecular flexibility index (Phi) is 6.34. The molecule has 3 nitrogen and oxygen atoms in total. The summed E-state index contributed by atoms with van der Waals surface area (Å²) in [4.78, 5) is 12.5. The lowest BCUT2D eigenvalue weighted by molar-refractivity contribution is 0.164. The quantitative estimate of drug-likeness (QED) is 0.694. The van der Waals surface area contributed by atoms with Crippen LogP contribution in [0, 0.1) is 11.8 Å². The average Bonchev–Trinajstić information content (AvgIpc) is 2.21. The molecule has 1 heterocycles. The predicted molar refractivity (Wildman–Crippen MR) is 60.1 cm³/mol. The van der Waals surface area contributed by atoms with Crippen molar-refractivity contribution >= 4 is 6.03 Å². The van der Waals surface area contributed by atoms with E-state index in [1.807, 2.05) is 13.8 Å². The highest BCUT2D eigenvalue weighted by atomic mass is 16.2. The van der Waals surface area contributed by atoms with Gasteiger partial charge in [0, 0.05) is 13.1 Å². The minimum absolute atomic E-state index is 0.266. The largest absolute Gasteiger partial charge is 0.351 e. The maximum Gasteiger partial charge on any atom is 0.314 e. The van der Waals surface area contributed by atoms with Crippen LogP contribution in [0.3, 0.4) is 0 Å². The lowest BCUT2D eigenvalue weighted by Gasteiger charge is -2.32. The van der Waals surface area contributed by atoms with E-state index in [1.165, 1.54) is 0 Å². The van der Waals surface area contributed by atoms with Crippen LogP contribution in [0.1, 0.15) is 40.5 Å². The minimum Gasteiger partial charge on any atom is -0.351 e. The number of piperidine rings is 1. The minimum atomic E-state index is -0.266. The van der Waals surface area contributed by atoms with Gasteiger partial charge in [0.05, 0.1) is 0 Å². The number of primary amides is 1. The van der Waals surface area contributed by atoms with Crippen LogP contribution in [0.25, 0.3) is 0 Å². The van der Waals surface area contributed by atoms with Crippen LogP contribution in [-0.4, -0.2) is 24.0 Å². The molecule has 0 unspecified atom stereocenters. The van der Waals surface area contributed by atoms with Crippen LogP contribution >= 0.6 is 0 Å². The maximum atomic E-state index is 10.8. The molecule has 1 rings (SSSR count). The van der Waals surface area contributed by atoms with Crippen molar-refractivity contribution in [3.63, 3.8) is 0 Å². The van der Waals surface area contributed by atoms with Gasteiger partial charge in [0.15, 0.2) is 0 Å². The first-order valence-electron chi connectivity index (χ1n) is 5.65. The van der Waals surface area contributed by atoms with Gasteiger partial charge in [-0.3, -0.25) is 0 Å². The van der Waals surface area contributed by atoms with Crippen molar-refractivity contribution in [2.45, 2.75) is 40.5 Å². The highest BCUT2D eigenvalue weighted by Crippen LogP contribution is 2.23. The van der Waals surface area contributed by atoms with E-state index in [0.717, 1.165) is 37.8 Å². The van der Waals surface area contributed by atoms with E-state index in [4.69, 9.17) is 5.73 Å². The van der Waals surface area contributed by atoms with Crippen LogP contribution < -0.4 is 5.73 Å². The van der Waals surface area contributed by atoms with Gasteiger partial charge in [0.2, 0.25) is 0 Å². The van der Waals surface area contributed by atoms with Crippen molar-refractivity contribution in [1.29, 1.82) is 0 Å². The first kappa shape index (κ1) is 13.3. The third-order valence-electron chi connectivity index (χ3n) is 2.79. The zero-order valence-corrected chi connectivity index (χ0v) is 9.92. The summed E-state index contributed by atoms with van der Waals surface area (Å²) in [5, 5.41) is 0. The molecule has 1 aliphatic rings. The molecule has 0 aromatic rings. The molecule has 0 atom stereocenters. The van der Waals surface area contributed by atoms with Crippen molar-refractivity contribution in [3.8, 4) is 0 Å². The molecule has 2 N–H and O–H groups in total. The Morgan fingerprint density at radius 1 is 1.29 bits per heavy atom. The lowest BCUT2D eigenvalue weighted by atomic mass is 9.87. The number of carbonyl (C=O) groups is 1. The molecule has 0 spiro atoms. The average molecular weight is 200 g/mol. The molecule has 14 heavy (non-hydrogen) atoms. The molecule has 0 aliphatic carbocycles. The Labute approximate surface area is 87.6 Å². The zero-order valence-electron chi connectivity index (χ0n) is 9.92. The van der Waals surface area contributed by atoms with Gasteiger partial charge in [0.1, 0.15) is 0 Å². The summed E-state index contributed by atoms with van der Waals surface area (Å²) in [5.41, 5.74) is 5.18. The molecule has 0 aromatic heterocycles. The van der Waals surface area contributed by atoms with E-state index in [0.29, 0.717) is 0 Å². The summed E-state index contributed by atoms with van der Waals surface area (Å²) in [6.45, 7) is 10.2. The standard InChI is InChI=1S/C9H18N2O.C2H6/c1-7(2)8-3-5-11(6-4-8)9(10)12;1-2/h7-8H,3-6H2,1-2H3,(H2,10,12);1-2H3. The Balaban J connectivity index is 0.000000791. The molecule has 0 bridgehead atoms. The number of likely N-dealkylation sites (tertiary alicyclic amines) is 1. The van der Waals surface area contributed by atoms with Crippen LogP contribution in [0.15, 0.2) is 0 Å². The molecule has 1 saturated heterocycles. The van der Waals surface area contributed by atoms with Crippen molar-refractivity contribution < 1.29 is 4.79 Å². The van der Waals surface area contributed by atoms with Crippen molar-refractivity contribution in [2.75, 3.05) is 13.1 Å². The second kappa shape index (κ2) is 6.68. The summed E-state index contributed by atoms with van der Waals surface area (Å²) in [7, 11) is 0. The normalized spacial score (nSPS) is 17.6. The van der Waals surface area contributed by atoms with Gasteiger partial charge in [-0.1, -0.05) is 27.7 Å². The first-order chi connectivity index (χ1) is 6.61. The fourth-order valence-corrected chi connectivity index (χ4v) is 1.79. The highest BCUT2D eigenvalue weighted by molar-refractivity contribution is 5.72. The SMILES string of the molecule is CC.CC(C)C1CCN(C(N)=O)CC1. The number of amides is 2. The summed E-state index contributed by atoms with van der Waals surface area (Å²) in [6.07, 6.45) is 2.22. The molecule has 0 radical (unpaired) electrons. The van der Waals surface area contributed by atoms with Crippen molar-refractivity contribution in [2.24, 2.45) is 17.6 Å². The van der Waals surface area contributed by atoms with Gasteiger partial charge in [-0.05, 0) is 24.7 Å². The Bertz CT molecular complexity index is 161. The van der Waals surface area contributed by atoms with E-state index >= 15 is 0 Å². The summed E-state index contributed by atoms with van der Waals surface area (Å²) < 4.78 is 0. The van der Waals surface area contributed by atoms with Crippen LogP contribution in [0.4, 0.5) is 4.79 Å². The number of carbonyl (C=O) groups excluding carboxylic acids is 1. The van der Waals surface area contributed by atoms with E-state index in [-0.39, 0.29) is 6.03 Å². The maximum absolute atomic E-state index is 10.8. The van der Waals surface area contributed by atoms with Crippen LogP contribution in [0.2, 0.25) is 0 Å². The van der Waals surface area contributed by atoms with E-state index in [9.17, 15) is 4.79 Å². The van der Waals surface area contributed by atoms with Crippen molar-refractivity contribution in [1.82, 2.24) is 4.90 Å². The molecular weight excluding hydrogens is 176 g/mol. The number of urea groups is 1. The lowest BCUT2D eigenvalue weighted by Crippen LogP contribution is -2.42. The number of hydrogen-bond donors (Lipinski definition) is 1. The fraction of sp³-hybridized carbons (Fsp3) is 0.909. The van der Waals surface area contributed by atoms with Crippen molar-refractivity contribution in [3.05, 3.63) is 0 Å². The summed E-state index contributed by atoms with van der Waals surface area (Å²) in [5.74, 6) is 1.51. The van der Waals surface area contributed by atoms with E-state index in [1.54, 1.807) is 4.90 Å². The smallest absolute Gasteiger partial charge is 0.314 e. The Morgan fingerprint density at radius 2 is 1.71 bits per heavy atom. The predicted octanol–water partition coefficient (Wildman–Crippen LogP) is 2.46. The van der Waals surface area contributed by atoms with Gasteiger partial charge >= 0.3 is 6.03 Å². The molecular formula is C11H24N2O. The van der Waals surface area contributed by atoms with Gasteiger partial charge < -0.3 is 10.6 Å². The highest BCUT2D eigenvalue weighted by Gasteiger charge is 2.22. The molecule has 2 amide bonds. The molecule has 1 fully saturated rings. The summed E-state index contributed by atoms with van der Waals surface area (Å²) in [6, 6.07) is -0.266. The van der Waals surface area contributed by atoms with Crippen LogP contribution in [0.5, 0.6) is 0 Å². The second-order valence-corrected chi connectivity index (χ2v) is 3.91. The number of hydrogen-bond acceptors (Lipinski definition) is 1. The third kappa shape index (κ3) is 3.99. The zero-order chi connectivity index (χ0) is 11.1. The van der Waals surface area contributed by atoms with Gasteiger partial charge in [-0.25, -0.2) is 4.79 Å². The second-order valence-electron chi connectivity index (χ2n) is 3.91. The van der Waals surface area contributed by atoms with Gasteiger partial charge in [0.25, 0.3) is 0 Å². The third-order valence-corrected chi connectivity index (χ3v) is 2.79. The number of nitrogens with zero attached hydrogens (tertiary/aromatic N) is 1. The Hall–Kier alpha value is -0.730. The van der Waals surface area contributed by atoms with Gasteiger partial charge in [-0.15, -0.1) is 0 Å². The molecule has 3 heteroatoms. The van der Waals surface area contributed by atoms with Crippen LogP contribution in [-0.2, 0) is 0 Å².